The molecule has 1 N–H and O–H groups in total. The summed E-state index contributed by atoms with van der Waals surface area (Å²) in [4.78, 5) is 73.1. The fraction of sp³-hybridized carbons (Fsp3) is 0.371. The summed E-state index contributed by atoms with van der Waals surface area (Å²) >= 11 is 0. The lowest BCUT2D eigenvalue weighted by Crippen LogP contribution is -2.54. The predicted molar refractivity (Wildman–Crippen MR) is 175 cm³/mol. The summed E-state index contributed by atoms with van der Waals surface area (Å²) in [5.74, 6) is -0.715. The summed E-state index contributed by atoms with van der Waals surface area (Å²) < 4.78 is 16.1. The molecule has 1 fully saturated rings. The molecule has 0 bridgehead atoms. The number of carbonyl (C=O) groups is 2. The van der Waals surface area contributed by atoms with Gasteiger partial charge in [0, 0.05) is 44.0 Å². The highest BCUT2D eigenvalue weighted by atomic mass is 16.5. The summed E-state index contributed by atoms with van der Waals surface area (Å²) in [7, 11) is 4.61. The molecule has 0 unspecified atom stereocenters. The minimum absolute atomic E-state index is 0.00889. The van der Waals surface area contributed by atoms with Crippen LogP contribution in [0.3, 0.4) is 0 Å². The molecule has 13 heteroatoms. The standard InChI is InChI=1S/C35H35N5O8/c1-18-14-27(42)22-15-25-21(30(35(22,2)31(18)43)19-6-8-20(41)9-7-19)10-13-39-33(45)38(34(46)40(25)39)12-11-23-32(44)37(3)26-17-29(48-5)28(47-4)16-24(26)36-23/h6-10,14,16-17,22,25,30,41H,11-13,15H2,1-5H3/t22-,25+,30-,35+/m0/s1. The molecule has 1 aliphatic heterocycles. The maximum absolute atomic E-state index is 14.1. The molecule has 248 valence electrons. The Morgan fingerprint density at radius 3 is 2.38 bits per heavy atom. The second kappa shape index (κ2) is 11.1. The van der Waals surface area contributed by atoms with E-state index in [4.69, 9.17) is 9.47 Å². The Morgan fingerprint density at radius 1 is 1.00 bits per heavy atom. The Balaban J connectivity index is 1.29. The van der Waals surface area contributed by atoms with Crippen molar-refractivity contribution in [1.82, 2.24) is 23.5 Å². The van der Waals surface area contributed by atoms with Crippen molar-refractivity contribution in [3.05, 3.63) is 102 Å². The molecule has 3 aliphatic rings. The van der Waals surface area contributed by atoms with Gasteiger partial charge < -0.3 is 19.1 Å². The first-order valence-electron chi connectivity index (χ1n) is 15.7. The van der Waals surface area contributed by atoms with E-state index in [0.29, 0.717) is 28.1 Å². The number of allylic oxidation sites excluding steroid dienone is 4. The summed E-state index contributed by atoms with van der Waals surface area (Å²) in [6, 6.07) is 9.19. The second-order valence-corrected chi connectivity index (χ2v) is 12.9. The van der Waals surface area contributed by atoms with Gasteiger partial charge in [0.25, 0.3) is 5.56 Å². The van der Waals surface area contributed by atoms with E-state index in [0.717, 1.165) is 15.7 Å². The number of phenols is 1. The number of ketones is 2. The quantitative estimate of drug-likeness (QED) is 0.309. The number of Topliss-reactive ketones (excluding diaryl/α,β-unsaturated/α-hetero) is 1. The van der Waals surface area contributed by atoms with Gasteiger partial charge in [-0.15, -0.1) is 0 Å². The minimum Gasteiger partial charge on any atom is -0.508 e. The van der Waals surface area contributed by atoms with Crippen molar-refractivity contribution in [3.63, 3.8) is 0 Å². The van der Waals surface area contributed by atoms with Crippen molar-refractivity contribution in [1.29, 1.82) is 0 Å². The molecule has 48 heavy (non-hydrogen) atoms. The summed E-state index contributed by atoms with van der Waals surface area (Å²) in [5, 5.41) is 10.0. The summed E-state index contributed by atoms with van der Waals surface area (Å²) in [6.07, 6.45) is 3.42. The minimum atomic E-state index is -1.13. The second-order valence-electron chi connectivity index (χ2n) is 12.9. The van der Waals surface area contributed by atoms with Gasteiger partial charge >= 0.3 is 11.4 Å². The van der Waals surface area contributed by atoms with Crippen LogP contribution in [-0.2, 0) is 36.1 Å². The van der Waals surface area contributed by atoms with Gasteiger partial charge in [-0.3, -0.25) is 14.4 Å². The van der Waals surface area contributed by atoms with Crippen LogP contribution in [0.4, 0.5) is 0 Å². The molecule has 4 atom stereocenters. The number of benzene rings is 2. The maximum atomic E-state index is 14.1. The zero-order valence-corrected chi connectivity index (χ0v) is 27.2. The molecular formula is C35H35N5O8. The van der Waals surface area contributed by atoms with Crippen LogP contribution in [0.25, 0.3) is 11.0 Å². The average molecular weight is 654 g/mol. The molecule has 2 aromatic heterocycles. The van der Waals surface area contributed by atoms with E-state index in [-0.39, 0.29) is 54.5 Å². The predicted octanol–water partition coefficient (Wildman–Crippen LogP) is 2.41. The van der Waals surface area contributed by atoms with E-state index >= 15 is 0 Å². The third-order valence-electron chi connectivity index (χ3n) is 10.4. The first-order chi connectivity index (χ1) is 22.9. The zero-order chi connectivity index (χ0) is 34.2. The largest absolute Gasteiger partial charge is 0.508 e. The van der Waals surface area contributed by atoms with Crippen LogP contribution >= 0.6 is 0 Å². The van der Waals surface area contributed by atoms with Gasteiger partial charge in [0.1, 0.15) is 11.4 Å². The summed E-state index contributed by atoms with van der Waals surface area (Å²) in [5.41, 5.74) is 0.442. The third-order valence-corrected chi connectivity index (χ3v) is 10.4. The number of rotatable bonds is 6. The molecule has 13 nitrogen and oxygen atoms in total. The highest BCUT2D eigenvalue weighted by molar-refractivity contribution is 6.13. The van der Waals surface area contributed by atoms with Crippen molar-refractivity contribution in [2.45, 2.75) is 51.7 Å². The number of hydrogen-bond acceptors (Lipinski definition) is 9. The van der Waals surface area contributed by atoms with E-state index in [9.17, 15) is 29.1 Å². The Labute approximate surface area is 273 Å². The van der Waals surface area contributed by atoms with Gasteiger partial charge in [-0.25, -0.2) is 28.5 Å². The fourth-order valence-corrected chi connectivity index (χ4v) is 8.03. The van der Waals surface area contributed by atoms with Crippen LogP contribution < -0.4 is 26.4 Å². The molecule has 2 aromatic carbocycles. The van der Waals surface area contributed by atoms with Gasteiger partial charge in [-0.1, -0.05) is 25.1 Å². The molecule has 4 aromatic rings. The van der Waals surface area contributed by atoms with Crippen LogP contribution in [0.5, 0.6) is 17.2 Å². The number of aromatic nitrogens is 5. The number of nitrogens with zero attached hydrogens (tertiary/aromatic N) is 5. The molecule has 0 spiro atoms. The van der Waals surface area contributed by atoms with Gasteiger partial charge in [-0.05, 0) is 48.3 Å². The number of aryl methyl sites for hydroxylation is 2. The average Bonchev–Trinajstić information content (AvgIpc) is 3.32. The number of aromatic hydroxyl groups is 1. The van der Waals surface area contributed by atoms with Crippen LogP contribution in [0.1, 0.15) is 43.5 Å². The van der Waals surface area contributed by atoms with Crippen LogP contribution in [0.15, 0.2) is 74.1 Å². The van der Waals surface area contributed by atoms with Crippen molar-refractivity contribution in [3.8, 4) is 17.2 Å². The smallest absolute Gasteiger partial charge is 0.347 e. The number of ether oxygens (including phenoxy) is 2. The highest BCUT2D eigenvalue weighted by Crippen LogP contribution is 2.59. The van der Waals surface area contributed by atoms with Crippen molar-refractivity contribution < 1.29 is 24.2 Å². The van der Waals surface area contributed by atoms with Crippen molar-refractivity contribution in [2.24, 2.45) is 18.4 Å². The topological polar surface area (TPSA) is 157 Å². The first kappa shape index (κ1) is 31.2. The van der Waals surface area contributed by atoms with Crippen molar-refractivity contribution in [2.75, 3.05) is 14.2 Å². The molecule has 3 heterocycles. The van der Waals surface area contributed by atoms with Crippen LogP contribution in [0, 0.1) is 11.3 Å². The summed E-state index contributed by atoms with van der Waals surface area (Å²) in [6.45, 7) is 3.43. The van der Waals surface area contributed by atoms with Crippen LogP contribution in [-0.4, -0.2) is 54.4 Å². The molecule has 0 saturated heterocycles. The lowest BCUT2D eigenvalue weighted by Gasteiger charge is -2.52. The Hall–Kier alpha value is -5.46. The first-order valence-corrected chi connectivity index (χ1v) is 15.7. The molecule has 0 radical (unpaired) electrons. The highest BCUT2D eigenvalue weighted by Gasteiger charge is 2.59. The van der Waals surface area contributed by atoms with E-state index in [1.807, 2.05) is 6.08 Å². The van der Waals surface area contributed by atoms with Gasteiger partial charge in [0.15, 0.2) is 23.1 Å². The van der Waals surface area contributed by atoms with Crippen molar-refractivity contribution >= 4 is 22.6 Å². The SMILES string of the molecule is COc1cc2nc(CCn3c(=O)n4n(c3=O)[C@@H]3C[C@H]5C(=O)C=C(C)C(=O)[C@@]5(C)[C@@H](c5ccc(O)cc5)C3=CC4)c(=O)n(C)c2cc1OC. The number of carbonyl (C=O) groups excluding carboxylic acids is 2. The number of fused-ring (bicyclic) bond motifs is 5. The number of phenolic OH excluding ortho intramolecular Hbond substituents is 1. The van der Waals surface area contributed by atoms with Gasteiger partial charge in [0.05, 0.1) is 43.3 Å². The zero-order valence-electron chi connectivity index (χ0n) is 27.2. The maximum Gasteiger partial charge on any atom is 0.347 e. The number of methoxy groups -OCH3 is 2. The fourth-order valence-electron chi connectivity index (χ4n) is 8.03. The van der Waals surface area contributed by atoms with E-state index in [1.165, 1.54) is 46.4 Å². The lowest BCUT2D eigenvalue weighted by molar-refractivity contribution is -0.139. The molecule has 0 amide bonds. The lowest BCUT2D eigenvalue weighted by atomic mass is 9.51. The Kier molecular flexibility index (Phi) is 7.18. The van der Waals surface area contributed by atoms with Gasteiger partial charge in [0.2, 0.25) is 0 Å². The van der Waals surface area contributed by atoms with Crippen LogP contribution in [0.2, 0.25) is 0 Å². The van der Waals surface area contributed by atoms with Gasteiger partial charge in [-0.2, -0.15) is 0 Å². The normalized spacial score (nSPS) is 23.2. The molecule has 7 rings (SSSR count). The number of hydrogen-bond donors (Lipinski definition) is 1. The molecular weight excluding hydrogens is 618 g/mol. The van der Waals surface area contributed by atoms with E-state index < -0.39 is 34.7 Å². The Morgan fingerprint density at radius 2 is 1.69 bits per heavy atom. The van der Waals surface area contributed by atoms with E-state index in [1.54, 1.807) is 45.2 Å². The third kappa shape index (κ3) is 4.36. The van der Waals surface area contributed by atoms with E-state index in [2.05, 4.69) is 4.98 Å². The molecule has 2 aliphatic carbocycles. The Bertz CT molecular complexity index is 2290. The molecule has 1 saturated carbocycles. The monoisotopic (exact) mass is 653 g/mol.